The van der Waals surface area contributed by atoms with E-state index in [4.69, 9.17) is 5.10 Å². The molecule has 0 aromatic heterocycles. The Labute approximate surface area is 222 Å². The number of thiol groups is 1. The molecule has 2 heterocycles. The highest BCUT2D eigenvalue weighted by Gasteiger charge is 2.40. The monoisotopic (exact) mass is 529 g/mol. The summed E-state index contributed by atoms with van der Waals surface area (Å²) in [6, 6.07) is 0. The van der Waals surface area contributed by atoms with Crippen molar-refractivity contribution in [3.63, 3.8) is 0 Å². The van der Waals surface area contributed by atoms with Crippen LogP contribution in [0.5, 0.6) is 0 Å². The average Bonchev–Trinajstić information content (AvgIpc) is 3.30. The molecule has 1 fully saturated rings. The normalized spacial score (nSPS) is 20.6. The molecule has 2 rings (SSSR count). The summed E-state index contributed by atoms with van der Waals surface area (Å²) in [7, 11) is 0. The molecule has 0 bridgehead atoms. The summed E-state index contributed by atoms with van der Waals surface area (Å²) in [5.74, 6) is -0.0502. The Morgan fingerprint density at radius 1 is 0.824 bits per heavy atom. The number of nitrogens with zero attached hydrogens (tertiary/aromatic N) is 3. The second kappa shape index (κ2) is 18.0. The molecule has 2 unspecified atom stereocenters. The Bertz CT molecular complexity index is 632. The molecule has 1 saturated heterocycles. The number of imide groups is 1. The Morgan fingerprint density at radius 2 is 1.32 bits per heavy atom. The van der Waals surface area contributed by atoms with Crippen LogP contribution in [-0.4, -0.2) is 49.1 Å². The molecule has 0 aromatic rings. The molecule has 0 aliphatic carbocycles. The van der Waals surface area contributed by atoms with Crippen LogP contribution < -0.4 is 0 Å². The van der Waals surface area contributed by atoms with Gasteiger partial charge in [-0.15, -0.1) is 12.6 Å². The number of rotatable bonds is 19. The van der Waals surface area contributed by atoms with Crippen LogP contribution in [0.25, 0.3) is 0 Å². The molecule has 8 heteroatoms. The third-order valence-corrected chi connectivity index (χ3v) is 9.43. The topological polar surface area (TPSA) is 53.0 Å². The molecular weight excluding hydrogens is 483 g/mol. The van der Waals surface area contributed by atoms with E-state index < -0.39 is 0 Å². The number of hydrogen-bond donors (Lipinski definition) is 1. The second-order valence-electron chi connectivity index (χ2n) is 9.62. The number of hydrazone groups is 1. The highest BCUT2D eigenvalue weighted by molar-refractivity contribution is 8.41. The summed E-state index contributed by atoms with van der Waals surface area (Å²) >= 11 is 7.73. The molecule has 2 aliphatic heterocycles. The maximum Gasteiger partial charge on any atom is 0.243 e. The minimum atomic E-state index is -0.323. The standard InChI is InChI=1S/C26H47N3O2S3/c1-3-5-7-9-11-13-15-17-19-28-23(30)21-22(24(28)31)33-25-27-29(26(32)34-25)20-18-16-14-12-10-8-6-4-2/h22,26,32H,3-21H2,1-2H3. The Balaban J connectivity index is 1.63. The van der Waals surface area contributed by atoms with Crippen molar-refractivity contribution >= 4 is 52.3 Å². The van der Waals surface area contributed by atoms with Gasteiger partial charge in [0.25, 0.3) is 0 Å². The van der Waals surface area contributed by atoms with E-state index >= 15 is 0 Å². The van der Waals surface area contributed by atoms with Gasteiger partial charge in [0.15, 0.2) is 4.38 Å². The van der Waals surface area contributed by atoms with Crippen LogP contribution in [-0.2, 0) is 9.59 Å². The van der Waals surface area contributed by atoms with Gasteiger partial charge in [-0.1, -0.05) is 127 Å². The molecule has 2 aliphatic rings. The molecule has 0 spiro atoms. The fourth-order valence-electron chi connectivity index (χ4n) is 4.45. The van der Waals surface area contributed by atoms with Gasteiger partial charge in [0.2, 0.25) is 11.8 Å². The van der Waals surface area contributed by atoms with Crippen LogP contribution >= 0.6 is 36.2 Å². The Kier molecular flexibility index (Phi) is 15.8. The number of thioether (sulfide) groups is 2. The van der Waals surface area contributed by atoms with Crippen molar-refractivity contribution in [3.8, 4) is 0 Å². The van der Waals surface area contributed by atoms with Gasteiger partial charge in [0.1, 0.15) is 4.71 Å². The predicted octanol–water partition coefficient (Wildman–Crippen LogP) is 7.66. The van der Waals surface area contributed by atoms with Gasteiger partial charge >= 0.3 is 0 Å². The van der Waals surface area contributed by atoms with Gasteiger partial charge in [0, 0.05) is 19.5 Å². The maximum atomic E-state index is 12.8. The number of unbranched alkanes of at least 4 members (excludes halogenated alkanes) is 14. The Hall–Kier alpha value is -0.340. The molecule has 2 atom stereocenters. The Morgan fingerprint density at radius 3 is 1.88 bits per heavy atom. The van der Waals surface area contributed by atoms with E-state index in [1.54, 1.807) is 11.8 Å². The van der Waals surface area contributed by atoms with Gasteiger partial charge in [-0.2, -0.15) is 5.10 Å². The van der Waals surface area contributed by atoms with Crippen LogP contribution in [0.2, 0.25) is 0 Å². The van der Waals surface area contributed by atoms with E-state index in [1.165, 1.54) is 100 Å². The molecule has 2 amide bonds. The number of carbonyl (C=O) groups is 2. The van der Waals surface area contributed by atoms with E-state index in [2.05, 4.69) is 26.5 Å². The van der Waals surface area contributed by atoms with Crippen molar-refractivity contribution in [2.24, 2.45) is 5.10 Å². The summed E-state index contributed by atoms with van der Waals surface area (Å²) < 4.78 is 0.882. The predicted molar refractivity (Wildman–Crippen MR) is 152 cm³/mol. The first-order valence-corrected chi connectivity index (χ1v) is 16.0. The number of likely N-dealkylation sites (tertiary alicyclic amines) is 1. The maximum absolute atomic E-state index is 12.8. The molecule has 196 valence electrons. The van der Waals surface area contributed by atoms with Crippen molar-refractivity contribution < 1.29 is 9.59 Å². The zero-order valence-electron chi connectivity index (χ0n) is 21.5. The third kappa shape index (κ3) is 11.2. The van der Waals surface area contributed by atoms with Crippen LogP contribution in [0.4, 0.5) is 0 Å². The van der Waals surface area contributed by atoms with E-state index in [9.17, 15) is 9.59 Å². The molecule has 0 N–H and O–H groups in total. The SMILES string of the molecule is CCCCCCCCCCN1C(=O)CC(SC2=NN(CCCCCCCCCC)C(S)S2)C1=O. The number of hydrogen-bond acceptors (Lipinski definition) is 7. The van der Waals surface area contributed by atoms with Crippen molar-refractivity contribution in [3.05, 3.63) is 0 Å². The summed E-state index contributed by atoms with van der Waals surface area (Å²) in [6.07, 6.45) is 20.3. The highest BCUT2D eigenvalue weighted by Crippen LogP contribution is 2.38. The van der Waals surface area contributed by atoms with Gasteiger partial charge in [-0.25, -0.2) is 0 Å². The first-order chi connectivity index (χ1) is 16.6. The second-order valence-corrected chi connectivity index (χ2v) is 13.0. The summed E-state index contributed by atoms with van der Waals surface area (Å²) in [5.41, 5.74) is 0. The molecule has 0 aromatic carbocycles. The lowest BCUT2D eigenvalue weighted by Crippen LogP contribution is -2.32. The van der Waals surface area contributed by atoms with Crippen LogP contribution in [0.15, 0.2) is 5.10 Å². The quantitative estimate of drug-likeness (QED) is 0.106. The van der Waals surface area contributed by atoms with Gasteiger partial charge < -0.3 is 0 Å². The third-order valence-electron chi connectivity index (χ3n) is 6.59. The summed E-state index contributed by atoms with van der Waals surface area (Å²) in [4.78, 5) is 26.8. The van der Waals surface area contributed by atoms with E-state index in [0.717, 1.165) is 30.2 Å². The van der Waals surface area contributed by atoms with Crippen molar-refractivity contribution in [1.29, 1.82) is 0 Å². The van der Waals surface area contributed by atoms with Crippen molar-refractivity contribution in [2.75, 3.05) is 13.1 Å². The zero-order chi connectivity index (χ0) is 24.6. The summed E-state index contributed by atoms with van der Waals surface area (Å²) in [5, 5.41) is 6.42. The fourth-order valence-corrected chi connectivity index (χ4v) is 7.43. The smallest absolute Gasteiger partial charge is 0.243 e. The lowest BCUT2D eigenvalue weighted by molar-refractivity contribution is -0.138. The molecule has 0 saturated carbocycles. The first kappa shape index (κ1) is 29.9. The van der Waals surface area contributed by atoms with Gasteiger partial charge in [0.05, 0.1) is 5.25 Å². The van der Waals surface area contributed by atoms with Gasteiger partial charge in [-0.05, 0) is 12.8 Å². The van der Waals surface area contributed by atoms with Crippen LogP contribution in [0.3, 0.4) is 0 Å². The lowest BCUT2D eigenvalue weighted by atomic mass is 10.1. The zero-order valence-corrected chi connectivity index (χ0v) is 24.0. The van der Waals surface area contributed by atoms with Crippen molar-refractivity contribution in [1.82, 2.24) is 9.91 Å². The van der Waals surface area contributed by atoms with E-state index in [-0.39, 0.29) is 21.8 Å². The molecule has 5 nitrogen and oxygen atoms in total. The van der Waals surface area contributed by atoms with Crippen molar-refractivity contribution in [2.45, 2.75) is 133 Å². The summed E-state index contributed by atoms with van der Waals surface area (Å²) in [6.45, 7) is 5.97. The fraction of sp³-hybridized carbons (Fsp3) is 0.885. The lowest BCUT2D eigenvalue weighted by Gasteiger charge is -2.17. The number of amides is 2. The highest BCUT2D eigenvalue weighted by atomic mass is 32.2. The molecule has 0 radical (unpaired) electrons. The first-order valence-electron chi connectivity index (χ1n) is 13.8. The molecule has 34 heavy (non-hydrogen) atoms. The average molecular weight is 530 g/mol. The number of carbonyl (C=O) groups excluding carboxylic acids is 2. The van der Waals surface area contributed by atoms with Crippen LogP contribution in [0.1, 0.15) is 123 Å². The minimum absolute atomic E-state index is 0.00712. The van der Waals surface area contributed by atoms with Gasteiger partial charge in [-0.3, -0.25) is 19.5 Å². The van der Waals surface area contributed by atoms with E-state index in [1.807, 2.05) is 5.01 Å². The largest absolute Gasteiger partial charge is 0.282 e. The van der Waals surface area contributed by atoms with Crippen LogP contribution in [0, 0.1) is 0 Å². The molecular formula is C26H47N3O2S3. The minimum Gasteiger partial charge on any atom is -0.282 e. The van der Waals surface area contributed by atoms with E-state index in [0.29, 0.717) is 13.0 Å².